The number of carbonyl (C=O) groups is 1. The number of aromatic hydroxyl groups is 1. The van der Waals surface area contributed by atoms with Crippen LogP contribution in [0.4, 0.5) is 0 Å². The van der Waals surface area contributed by atoms with Crippen molar-refractivity contribution >= 4 is 17.7 Å². The number of benzene rings is 1. The zero-order chi connectivity index (χ0) is 16.2. The third-order valence-corrected chi connectivity index (χ3v) is 5.10. The Balaban J connectivity index is 1.72. The molecule has 1 aliphatic rings. The molecule has 2 aromatic rings. The van der Waals surface area contributed by atoms with Gasteiger partial charge >= 0.3 is 0 Å². The maximum Gasteiger partial charge on any atom is 0.233 e. The topological polar surface area (TPSA) is 62.7 Å². The molecule has 0 aliphatic carbocycles. The third kappa shape index (κ3) is 3.42. The van der Waals surface area contributed by atoms with E-state index in [-0.39, 0.29) is 17.0 Å². The van der Waals surface area contributed by atoms with Gasteiger partial charge in [0.1, 0.15) is 5.37 Å². The number of thioether (sulfide) groups is 1. The molecular formula is C17H18N2O3S. The molecule has 1 aromatic carbocycles. The van der Waals surface area contributed by atoms with Crippen molar-refractivity contribution in [2.75, 3.05) is 19.4 Å². The zero-order valence-electron chi connectivity index (χ0n) is 12.8. The fraction of sp³-hybridized carbons (Fsp3) is 0.294. The van der Waals surface area contributed by atoms with Gasteiger partial charge in [0.15, 0.2) is 11.5 Å². The number of rotatable bonds is 5. The molecule has 6 heteroatoms. The van der Waals surface area contributed by atoms with E-state index in [4.69, 9.17) is 4.74 Å². The maximum absolute atomic E-state index is 12.2. The second-order valence-electron chi connectivity index (χ2n) is 5.29. The van der Waals surface area contributed by atoms with Gasteiger partial charge < -0.3 is 14.7 Å². The SMILES string of the molecule is COc1cc(CCN2C(=O)CSC2c2ccncc2)ccc1O. The molecule has 5 nitrogen and oxygen atoms in total. The predicted octanol–water partition coefficient (Wildman–Crippen LogP) is 2.61. The maximum atomic E-state index is 12.2. The van der Waals surface area contributed by atoms with Gasteiger partial charge in [-0.05, 0) is 41.8 Å². The van der Waals surface area contributed by atoms with E-state index in [0.29, 0.717) is 24.5 Å². The van der Waals surface area contributed by atoms with E-state index in [0.717, 1.165) is 11.1 Å². The first-order chi connectivity index (χ1) is 11.2. The number of pyridine rings is 1. The average molecular weight is 330 g/mol. The average Bonchev–Trinajstić information content (AvgIpc) is 2.95. The number of nitrogens with zero attached hydrogens (tertiary/aromatic N) is 2. The van der Waals surface area contributed by atoms with E-state index >= 15 is 0 Å². The molecule has 0 bridgehead atoms. The van der Waals surface area contributed by atoms with Gasteiger partial charge in [0, 0.05) is 18.9 Å². The summed E-state index contributed by atoms with van der Waals surface area (Å²) in [5.74, 6) is 1.24. The largest absolute Gasteiger partial charge is 0.504 e. The summed E-state index contributed by atoms with van der Waals surface area (Å²) in [7, 11) is 1.53. The van der Waals surface area contributed by atoms with Crippen molar-refractivity contribution in [2.45, 2.75) is 11.8 Å². The molecule has 1 atom stereocenters. The molecule has 2 heterocycles. The number of hydrogen-bond acceptors (Lipinski definition) is 5. The van der Waals surface area contributed by atoms with Crippen LogP contribution < -0.4 is 4.74 Å². The monoisotopic (exact) mass is 330 g/mol. The van der Waals surface area contributed by atoms with Crippen LogP contribution in [-0.2, 0) is 11.2 Å². The van der Waals surface area contributed by atoms with Gasteiger partial charge in [0.05, 0.1) is 12.9 Å². The van der Waals surface area contributed by atoms with Gasteiger partial charge in [-0.1, -0.05) is 6.07 Å². The number of hydrogen-bond donors (Lipinski definition) is 1. The summed E-state index contributed by atoms with van der Waals surface area (Å²) in [6.07, 6.45) is 4.22. The minimum absolute atomic E-state index is 0.0458. The first-order valence-electron chi connectivity index (χ1n) is 7.36. The fourth-order valence-electron chi connectivity index (χ4n) is 2.63. The number of phenols is 1. The predicted molar refractivity (Wildman–Crippen MR) is 89.5 cm³/mol. The second kappa shape index (κ2) is 6.91. The lowest BCUT2D eigenvalue weighted by molar-refractivity contribution is -0.128. The molecule has 0 saturated carbocycles. The Bertz CT molecular complexity index is 693. The first-order valence-corrected chi connectivity index (χ1v) is 8.41. The lowest BCUT2D eigenvalue weighted by Crippen LogP contribution is -2.30. The number of ether oxygens (including phenoxy) is 1. The first kappa shape index (κ1) is 15.7. The Kier molecular flexibility index (Phi) is 4.71. The summed E-state index contributed by atoms with van der Waals surface area (Å²) in [6.45, 7) is 0.632. The molecule has 1 aliphatic heterocycles. The van der Waals surface area contributed by atoms with Crippen LogP contribution in [0.15, 0.2) is 42.7 Å². The zero-order valence-corrected chi connectivity index (χ0v) is 13.6. The van der Waals surface area contributed by atoms with Crippen LogP contribution in [-0.4, -0.2) is 40.3 Å². The lowest BCUT2D eigenvalue weighted by Gasteiger charge is -2.24. The minimum atomic E-state index is 0.0458. The van der Waals surface area contributed by atoms with E-state index in [1.54, 1.807) is 30.2 Å². The van der Waals surface area contributed by atoms with E-state index in [1.807, 2.05) is 29.2 Å². The van der Waals surface area contributed by atoms with Crippen molar-refractivity contribution in [1.82, 2.24) is 9.88 Å². The van der Waals surface area contributed by atoms with Gasteiger partial charge in [0.25, 0.3) is 0 Å². The highest BCUT2D eigenvalue weighted by Gasteiger charge is 2.32. The van der Waals surface area contributed by atoms with E-state index in [9.17, 15) is 9.90 Å². The summed E-state index contributed by atoms with van der Waals surface area (Å²) in [6, 6.07) is 9.19. The minimum Gasteiger partial charge on any atom is -0.504 e. The smallest absolute Gasteiger partial charge is 0.233 e. The second-order valence-corrected chi connectivity index (χ2v) is 6.36. The van der Waals surface area contributed by atoms with Gasteiger partial charge in [-0.25, -0.2) is 0 Å². The van der Waals surface area contributed by atoms with Crippen molar-refractivity contribution in [1.29, 1.82) is 0 Å². The van der Waals surface area contributed by atoms with Crippen LogP contribution in [0.25, 0.3) is 0 Å². The molecule has 3 rings (SSSR count). The van der Waals surface area contributed by atoms with Crippen molar-refractivity contribution in [2.24, 2.45) is 0 Å². The Morgan fingerprint density at radius 1 is 1.35 bits per heavy atom. The van der Waals surface area contributed by atoms with Crippen LogP contribution in [0.1, 0.15) is 16.5 Å². The highest BCUT2D eigenvalue weighted by molar-refractivity contribution is 8.00. The Morgan fingerprint density at radius 3 is 2.87 bits per heavy atom. The normalized spacial score (nSPS) is 17.5. The number of amides is 1. The Morgan fingerprint density at radius 2 is 2.13 bits per heavy atom. The van der Waals surface area contributed by atoms with E-state index in [1.165, 1.54) is 7.11 Å². The third-order valence-electron chi connectivity index (χ3n) is 3.84. The number of aromatic nitrogens is 1. The molecule has 1 amide bonds. The highest BCUT2D eigenvalue weighted by atomic mass is 32.2. The molecule has 0 radical (unpaired) electrons. The summed E-state index contributed by atoms with van der Waals surface area (Å²) < 4.78 is 5.13. The summed E-state index contributed by atoms with van der Waals surface area (Å²) in [5.41, 5.74) is 2.12. The number of phenolic OH excluding ortho intramolecular Hbond substituents is 1. The fourth-order valence-corrected chi connectivity index (χ4v) is 3.85. The van der Waals surface area contributed by atoms with E-state index in [2.05, 4.69) is 4.98 Å². The molecule has 120 valence electrons. The van der Waals surface area contributed by atoms with Crippen molar-refractivity contribution < 1.29 is 14.6 Å². The quantitative estimate of drug-likeness (QED) is 0.913. The molecule has 1 unspecified atom stereocenters. The van der Waals surface area contributed by atoms with E-state index < -0.39 is 0 Å². The molecule has 1 aromatic heterocycles. The molecule has 0 spiro atoms. The lowest BCUT2D eigenvalue weighted by atomic mass is 10.1. The van der Waals surface area contributed by atoms with Crippen molar-refractivity contribution in [3.05, 3.63) is 53.9 Å². The summed E-state index contributed by atoms with van der Waals surface area (Å²) in [5, 5.41) is 9.69. The molecule has 1 fully saturated rings. The molecular weight excluding hydrogens is 312 g/mol. The molecule has 1 N–H and O–H groups in total. The highest BCUT2D eigenvalue weighted by Crippen LogP contribution is 2.38. The van der Waals surface area contributed by atoms with Gasteiger partial charge in [-0.15, -0.1) is 11.8 Å². The summed E-state index contributed by atoms with van der Waals surface area (Å²) >= 11 is 1.64. The summed E-state index contributed by atoms with van der Waals surface area (Å²) in [4.78, 5) is 18.1. The molecule has 1 saturated heterocycles. The number of methoxy groups -OCH3 is 1. The van der Waals surface area contributed by atoms with Crippen LogP contribution in [0.5, 0.6) is 11.5 Å². The Hall–Kier alpha value is -2.21. The number of carbonyl (C=O) groups excluding carboxylic acids is 1. The van der Waals surface area contributed by atoms with Crippen LogP contribution in [0.3, 0.4) is 0 Å². The van der Waals surface area contributed by atoms with Crippen LogP contribution in [0.2, 0.25) is 0 Å². The van der Waals surface area contributed by atoms with Crippen molar-refractivity contribution in [3.63, 3.8) is 0 Å². The van der Waals surface area contributed by atoms with Gasteiger partial charge in [0.2, 0.25) is 5.91 Å². The standard InChI is InChI=1S/C17H18N2O3S/c1-22-15-10-12(2-3-14(15)20)6-9-19-16(21)11-23-17(19)13-4-7-18-8-5-13/h2-5,7-8,10,17,20H,6,9,11H2,1H3. The van der Waals surface area contributed by atoms with Crippen molar-refractivity contribution in [3.8, 4) is 11.5 Å². The Labute approximate surface area is 139 Å². The van der Waals surface area contributed by atoms with Crippen LogP contribution >= 0.6 is 11.8 Å². The van der Waals surface area contributed by atoms with Crippen LogP contribution in [0, 0.1) is 0 Å². The molecule has 23 heavy (non-hydrogen) atoms. The van der Waals surface area contributed by atoms with Gasteiger partial charge in [-0.2, -0.15) is 0 Å². The van der Waals surface area contributed by atoms with Gasteiger partial charge in [-0.3, -0.25) is 9.78 Å².